The van der Waals surface area contributed by atoms with Gasteiger partial charge < -0.3 is 4.57 Å². The number of nitrogens with zero attached hydrogens (tertiary/aromatic N) is 2. The minimum absolute atomic E-state index is 0.233. The Balaban J connectivity index is 2.10. The van der Waals surface area contributed by atoms with E-state index in [4.69, 9.17) is 11.6 Å². The Morgan fingerprint density at radius 2 is 2.06 bits per heavy atom. The highest BCUT2D eigenvalue weighted by Gasteiger charge is 2.22. The van der Waals surface area contributed by atoms with Crippen LogP contribution in [0.25, 0.3) is 11.4 Å². The molecule has 0 amide bonds. The largest absolute Gasteiger partial charge is 0.326 e. The predicted molar refractivity (Wildman–Crippen MR) is 70.1 cm³/mol. The average Bonchev–Trinajstić information content (AvgIpc) is 2.67. The van der Waals surface area contributed by atoms with Crippen molar-refractivity contribution in [3.63, 3.8) is 0 Å². The maximum Gasteiger partial charge on any atom is 0.150 e. The van der Waals surface area contributed by atoms with Gasteiger partial charge in [0, 0.05) is 12.1 Å². The van der Waals surface area contributed by atoms with Crippen molar-refractivity contribution in [1.82, 2.24) is 9.55 Å². The standard InChI is InChI=1S/C14H14ClFN2/c1-9-2-7-12-13(15)17-14(18(12)8-9)10-3-5-11(16)6-4-10/h3-6,9H,2,7-8H2,1H3. The summed E-state index contributed by atoms with van der Waals surface area (Å²) in [7, 11) is 0. The van der Waals surface area contributed by atoms with Crippen LogP contribution in [0.15, 0.2) is 24.3 Å². The summed E-state index contributed by atoms with van der Waals surface area (Å²) in [6, 6.07) is 6.41. The minimum Gasteiger partial charge on any atom is -0.326 e. The van der Waals surface area contributed by atoms with Gasteiger partial charge in [-0.1, -0.05) is 18.5 Å². The molecule has 2 aromatic rings. The molecule has 0 aliphatic carbocycles. The molecule has 1 aliphatic heterocycles. The summed E-state index contributed by atoms with van der Waals surface area (Å²) >= 11 is 6.19. The van der Waals surface area contributed by atoms with Crippen molar-refractivity contribution >= 4 is 11.6 Å². The number of benzene rings is 1. The highest BCUT2D eigenvalue weighted by molar-refractivity contribution is 6.30. The van der Waals surface area contributed by atoms with Crippen LogP contribution in [0.4, 0.5) is 4.39 Å². The molecule has 1 unspecified atom stereocenters. The van der Waals surface area contributed by atoms with E-state index < -0.39 is 0 Å². The minimum atomic E-state index is -0.233. The molecule has 0 spiro atoms. The average molecular weight is 265 g/mol. The van der Waals surface area contributed by atoms with E-state index in [0.29, 0.717) is 11.1 Å². The third-order valence-corrected chi connectivity index (χ3v) is 3.80. The number of aromatic nitrogens is 2. The molecule has 0 radical (unpaired) electrons. The molecular weight excluding hydrogens is 251 g/mol. The molecule has 0 fully saturated rings. The first-order valence-electron chi connectivity index (χ1n) is 6.16. The Morgan fingerprint density at radius 3 is 2.78 bits per heavy atom. The SMILES string of the molecule is CC1CCc2c(Cl)nc(-c3ccc(F)cc3)n2C1. The number of halogens is 2. The number of imidazole rings is 1. The molecule has 1 aromatic heterocycles. The fourth-order valence-corrected chi connectivity index (χ4v) is 2.77. The Labute approximate surface area is 110 Å². The Hall–Kier alpha value is -1.35. The molecular formula is C14H14ClFN2. The second-order valence-corrected chi connectivity index (χ2v) is 5.29. The van der Waals surface area contributed by atoms with E-state index >= 15 is 0 Å². The Kier molecular flexibility index (Phi) is 2.86. The molecule has 1 aromatic carbocycles. The number of hydrogen-bond donors (Lipinski definition) is 0. The van der Waals surface area contributed by atoms with Crippen molar-refractivity contribution < 1.29 is 4.39 Å². The molecule has 2 heterocycles. The van der Waals surface area contributed by atoms with E-state index in [-0.39, 0.29) is 5.82 Å². The van der Waals surface area contributed by atoms with Crippen LogP contribution in [-0.4, -0.2) is 9.55 Å². The highest BCUT2D eigenvalue weighted by atomic mass is 35.5. The molecule has 0 bridgehead atoms. The van der Waals surface area contributed by atoms with E-state index in [0.717, 1.165) is 36.5 Å². The second kappa shape index (κ2) is 4.39. The summed E-state index contributed by atoms with van der Waals surface area (Å²) < 4.78 is 15.1. The van der Waals surface area contributed by atoms with Gasteiger partial charge in [-0.2, -0.15) is 0 Å². The third-order valence-electron chi connectivity index (χ3n) is 3.49. The lowest BCUT2D eigenvalue weighted by atomic mass is 10.00. The van der Waals surface area contributed by atoms with Gasteiger partial charge in [0.2, 0.25) is 0 Å². The van der Waals surface area contributed by atoms with Crippen LogP contribution in [0.5, 0.6) is 0 Å². The van der Waals surface area contributed by atoms with Crippen LogP contribution in [-0.2, 0) is 13.0 Å². The Morgan fingerprint density at radius 1 is 1.33 bits per heavy atom. The van der Waals surface area contributed by atoms with E-state index in [1.807, 2.05) is 0 Å². The Bertz CT molecular complexity index is 574. The highest BCUT2D eigenvalue weighted by Crippen LogP contribution is 2.31. The molecule has 94 valence electrons. The molecule has 4 heteroatoms. The molecule has 1 aliphatic rings. The number of rotatable bonds is 1. The van der Waals surface area contributed by atoms with Crippen LogP contribution in [0.2, 0.25) is 5.15 Å². The van der Waals surface area contributed by atoms with E-state index in [2.05, 4.69) is 16.5 Å². The summed E-state index contributed by atoms with van der Waals surface area (Å²) in [5, 5.41) is 0.584. The summed E-state index contributed by atoms with van der Waals surface area (Å²) in [5.41, 5.74) is 2.02. The van der Waals surface area contributed by atoms with E-state index in [9.17, 15) is 4.39 Å². The smallest absolute Gasteiger partial charge is 0.150 e. The summed E-state index contributed by atoms with van der Waals surface area (Å²) in [6.07, 6.45) is 2.11. The fourth-order valence-electron chi connectivity index (χ4n) is 2.50. The van der Waals surface area contributed by atoms with Crippen LogP contribution < -0.4 is 0 Å². The molecule has 3 rings (SSSR count). The maximum absolute atomic E-state index is 13.0. The quantitative estimate of drug-likeness (QED) is 0.763. The van der Waals surface area contributed by atoms with Gasteiger partial charge in [-0.05, 0) is 43.0 Å². The third kappa shape index (κ3) is 1.93. The molecule has 1 atom stereocenters. The molecule has 18 heavy (non-hydrogen) atoms. The van der Waals surface area contributed by atoms with Gasteiger partial charge in [0.1, 0.15) is 11.6 Å². The van der Waals surface area contributed by atoms with Crippen LogP contribution >= 0.6 is 11.6 Å². The lowest BCUT2D eigenvalue weighted by Crippen LogP contribution is -2.18. The second-order valence-electron chi connectivity index (χ2n) is 4.93. The lowest BCUT2D eigenvalue weighted by Gasteiger charge is -2.22. The van der Waals surface area contributed by atoms with Crippen molar-refractivity contribution in [2.45, 2.75) is 26.3 Å². The van der Waals surface area contributed by atoms with E-state index in [1.165, 1.54) is 12.1 Å². The van der Waals surface area contributed by atoms with Crippen LogP contribution in [0.1, 0.15) is 19.0 Å². The first kappa shape index (κ1) is 11.7. The lowest BCUT2D eigenvalue weighted by molar-refractivity contribution is 0.402. The van der Waals surface area contributed by atoms with Crippen molar-refractivity contribution in [2.24, 2.45) is 5.92 Å². The zero-order chi connectivity index (χ0) is 12.7. The van der Waals surface area contributed by atoms with Gasteiger partial charge in [-0.25, -0.2) is 9.37 Å². The fraction of sp³-hybridized carbons (Fsp3) is 0.357. The first-order chi connectivity index (χ1) is 8.65. The summed E-state index contributed by atoms with van der Waals surface area (Å²) in [5.74, 6) is 1.24. The zero-order valence-electron chi connectivity index (χ0n) is 10.2. The molecule has 0 N–H and O–H groups in total. The maximum atomic E-state index is 13.0. The van der Waals surface area contributed by atoms with E-state index in [1.54, 1.807) is 12.1 Å². The van der Waals surface area contributed by atoms with Gasteiger partial charge in [-0.15, -0.1) is 0 Å². The number of fused-ring (bicyclic) bond motifs is 1. The zero-order valence-corrected chi connectivity index (χ0v) is 10.9. The molecule has 0 saturated heterocycles. The molecule has 0 saturated carbocycles. The van der Waals surface area contributed by atoms with Crippen molar-refractivity contribution in [3.8, 4) is 11.4 Å². The van der Waals surface area contributed by atoms with Crippen LogP contribution in [0, 0.1) is 11.7 Å². The van der Waals surface area contributed by atoms with Gasteiger partial charge in [0.15, 0.2) is 5.15 Å². The van der Waals surface area contributed by atoms with Gasteiger partial charge >= 0.3 is 0 Å². The van der Waals surface area contributed by atoms with Gasteiger partial charge in [0.25, 0.3) is 0 Å². The van der Waals surface area contributed by atoms with Crippen molar-refractivity contribution in [1.29, 1.82) is 0 Å². The summed E-state index contributed by atoms with van der Waals surface area (Å²) in [6.45, 7) is 3.16. The number of hydrogen-bond acceptors (Lipinski definition) is 1. The normalized spacial score (nSPS) is 18.7. The predicted octanol–water partition coefficient (Wildman–Crippen LogP) is 3.92. The van der Waals surface area contributed by atoms with Crippen molar-refractivity contribution in [3.05, 3.63) is 40.9 Å². The topological polar surface area (TPSA) is 17.8 Å². The van der Waals surface area contributed by atoms with Crippen LogP contribution in [0.3, 0.4) is 0 Å². The van der Waals surface area contributed by atoms with Gasteiger partial charge in [-0.3, -0.25) is 0 Å². The first-order valence-corrected chi connectivity index (χ1v) is 6.54. The van der Waals surface area contributed by atoms with Crippen molar-refractivity contribution in [2.75, 3.05) is 0 Å². The molecule has 2 nitrogen and oxygen atoms in total. The monoisotopic (exact) mass is 264 g/mol. The van der Waals surface area contributed by atoms with Gasteiger partial charge in [0.05, 0.1) is 5.69 Å². The summed E-state index contributed by atoms with van der Waals surface area (Å²) in [4.78, 5) is 4.43.